The van der Waals surface area contributed by atoms with Gasteiger partial charge < -0.3 is 0 Å². The van der Waals surface area contributed by atoms with Crippen molar-refractivity contribution in [2.75, 3.05) is 0 Å². The molecular formula is C13H10Cl. The zero-order chi connectivity index (χ0) is 9.97. The molecule has 1 radical (unpaired) electrons. The second-order valence-electron chi connectivity index (χ2n) is 3.21. The van der Waals surface area contributed by atoms with Crippen LogP contribution in [0.3, 0.4) is 0 Å². The Bertz CT molecular complexity index is 403. The van der Waals surface area contributed by atoms with Gasteiger partial charge in [0, 0.05) is 10.6 Å². The Morgan fingerprint density at radius 2 is 1.86 bits per heavy atom. The van der Waals surface area contributed by atoms with E-state index in [0.717, 1.165) is 16.1 Å². The molecule has 0 bridgehead atoms. The molecule has 0 fully saturated rings. The molecule has 0 unspecified atom stereocenters. The van der Waals surface area contributed by atoms with Crippen molar-refractivity contribution in [3.05, 3.63) is 59.1 Å². The highest BCUT2D eigenvalue weighted by Crippen LogP contribution is 2.28. The van der Waals surface area contributed by atoms with Crippen LogP contribution in [0.15, 0.2) is 42.5 Å². The van der Waals surface area contributed by atoms with Crippen LogP contribution < -0.4 is 0 Å². The molecule has 2 aromatic rings. The maximum absolute atomic E-state index is 6.10. The van der Waals surface area contributed by atoms with Gasteiger partial charge in [-0.15, -0.1) is 0 Å². The topological polar surface area (TPSA) is 0 Å². The Balaban J connectivity index is 2.61. The lowest BCUT2D eigenvalue weighted by Gasteiger charge is -2.06. The van der Waals surface area contributed by atoms with Crippen LogP contribution >= 0.6 is 11.6 Å². The second-order valence-corrected chi connectivity index (χ2v) is 3.62. The van der Waals surface area contributed by atoms with Crippen molar-refractivity contribution in [1.82, 2.24) is 0 Å². The lowest BCUT2D eigenvalue weighted by Crippen LogP contribution is -1.83. The van der Waals surface area contributed by atoms with Gasteiger partial charge in [-0.1, -0.05) is 48.0 Å². The average Bonchev–Trinajstić information content (AvgIpc) is 2.20. The summed E-state index contributed by atoms with van der Waals surface area (Å²) in [4.78, 5) is 0. The van der Waals surface area contributed by atoms with E-state index in [1.165, 1.54) is 5.56 Å². The zero-order valence-electron chi connectivity index (χ0n) is 7.92. The highest BCUT2D eigenvalue weighted by molar-refractivity contribution is 6.33. The van der Waals surface area contributed by atoms with E-state index in [2.05, 4.69) is 25.1 Å². The summed E-state index contributed by atoms with van der Waals surface area (Å²) in [5.41, 5.74) is 3.35. The third-order valence-electron chi connectivity index (χ3n) is 2.22. The molecular weight excluding hydrogens is 192 g/mol. The van der Waals surface area contributed by atoms with Crippen LogP contribution in [0.2, 0.25) is 5.02 Å². The monoisotopic (exact) mass is 201 g/mol. The third-order valence-corrected chi connectivity index (χ3v) is 2.53. The largest absolute Gasteiger partial charge is 0.0836 e. The first-order valence-corrected chi connectivity index (χ1v) is 4.89. The molecule has 2 rings (SSSR count). The standard InChI is InChI=1S/C13H10Cl/c1-10-6-2-3-7-11(10)12-8-4-5-9-13(12)14/h2-7,9H,1H3. The fourth-order valence-electron chi connectivity index (χ4n) is 1.48. The van der Waals surface area contributed by atoms with Gasteiger partial charge in [-0.3, -0.25) is 0 Å². The van der Waals surface area contributed by atoms with E-state index in [0.29, 0.717) is 0 Å². The molecule has 0 amide bonds. The minimum Gasteiger partial charge on any atom is -0.0836 e. The summed E-state index contributed by atoms with van der Waals surface area (Å²) >= 11 is 6.10. The molecule has 69 valence electrons. The Hall–Kier alpha value is -1.27. The summed E-state index contributed by atoms with van der Waals surface area (Å²) < 4.78 is 0. The maximum Gasteiger partial charge on any atom is 0.0490 e. The highest BCUT2D eigenvalue weighted by atomic mass is 35.5. The fourth-order valence-corrected chi connectivity index (χ4v) is 1.71. The van der Waals surface area contributed by atoms with E-state index < -0.39 is 0 Å². The molecule has 0 spiro atoms. The van der Waals surface area contributed by atoms with Crippen molar-refractivity contribution < 1.29 is 0 Å². The molecule has 0 aromatic heterocycles. The van der Waals surface area contributed by atoms with Gasteiger partial charge in [0.25, 0.3) is 0 Å². The quantitative estimate of drug-likeness (QED) is 0.651. The highest BCUT2D eigenvalue weighted by Gasteiger charge is 2.04. The number of hydrogen-bond acceptors (Lipinski definition) is 0. The molecule has 0 aliphatic carbocycles. The molecule has 0 atom stereocenters. The molecule has 0 saturated carbocycles. The average molecular weight is 202 g/mol. The van der Waals surface area contributed by atoms with E-state index in [-0.39, 0.29) is 0 Å². The first kappa shape index (κ1) is 9.29. The van der Waals surface area contributed by atoms with Crippen LogP contribution in [0.5, 0.6) is 0 Å². The van der Waals surface area contributed by atoms with E-state index in [1.54, 1.807) is 0 Å². The van der Waals surface area contributed by atoms with Gasteiger partial charge >= 0.3 is 0 Å². The van der Waals surface area contributed by atoms with Gasteiger partial charge in [0.2, 0.25) is 0 Å². The molecule has 0 aliphatic rings. The minimum atomic E-state index is 0.752. The van der Waals surface area contributed by atoms with Crippen LogP contribution in [0, 0.1) is 13.0 Å². The summed E-state index contributed by atoms with van der Waals surface area (Å²) in [6.07, 6.45) is 0. The molecule has 1 heteroatoms. The first-order chi connectivity index (χ1) is 6.79. The third kappa shape index (κ3) is 1.66. The van der Waals surface area contributed by atoms with E-state index in [4.69, 9.17) is 11.6 Å². The molecule has 0 nitrogen and oxygen atoms in total. The van der Waals surface area contributed by atoms with E-state index in [9.17, 15) is 0 Å². The van der Waals surface area contributed by atoms with Crippen LogP contribution in [0.1, 0.15) is 5.56 Å². The Kier molecular flexibility index (Phi) is 2.55. The van der Waals surface area contributed by atoms with Crippen molar-refractivity contribution in [1.29, 1.82) is 0 Å². The second kappa shape index (κ2) is 3.85. The van der Waals surface area contributed by atoms with Gasteiger partial charge in [-0.05, 0) is 30.2 Å². The van der Waals surface area contributed by atoms with Crippen LogP contribution in [0.25, 0.3) is 11.1 Å². The van der Waals surface area contributed by atoms with Crippen molar-refractivity contribution >= 4 is 11.6 Å². The molecule has 14 heavy (non-hydrogen) atoms. The van der Waals surface area contributed by atoms with E-state index in [1.807, 2.05) is 30.3 Å². The minimum absolute atomic E-state index is 0.752. The van der Waals surface area contributed by atoms with Gasteiger partial charge in [-0.2, -0.15) is 0 Å². The molecule has 2 aromatic carbocycles. The number of aryl methyl sites for hydroxylation is 1. The first-order valence-electron chi connectivity index (χ1n) is 4.51. The lowest BCUT2D eigenvalue weighted by atomic mass is 10.0. The van der Waals surface area contributed by atoms with Gasteiger partial charge in [0.1, 0.15) is 0 Å². The summed E-state index contributed by atoms with van der Waals surface area (Å²) in [5, 5.41) is 0.752. The van der Waals surface area contributed by atoms with Crippen molar-refractivity contribution in [2.45, 2.75) is 6.92 Å². The zero-order valence-corrected chi connectivity index (χ0v) is 8.68. The Morgan fingerprint density at radius 3 is 2.57 bits per heavy atom. The fraction of sp³-hybridized carbons (Fsp3) is 0.0769. The Morgan fingerprint density at radius 1 is 1.07 bits per heavy atom. The van der Waals surface area contributed by atoms with Crippen molar-refractivity contribution in [2.24, 2.45) is 0 Å². The smallest absolute Gasteiger partial charge is 0.0490 e. The van der Waals surface area contributed by atoms with E-state index >= 15 is 0 Å². The maximum atomic E-state index is 6.10. The predicted molar refractivity (Wildman–Crippen MR) is 60.5 cm³/mol. The number of hydrogen-bond donors (Lipinski definition) is 0. The number of benzene rings is 2. The number of halogens is 1. The van der Waals surface area contributed by atoms with Crippen molar-refractivity contribution in [3.63, 3.8) is 0 Å². The molecule has 0 N–H and O–H groups in total. The normalized spacial score (nSPS) is 10.1. The SMILES string of the molecule is Cc1ccccc1-c1[c]cccc1Cl. The molecule has 0 saturated heterocycles. The van der Waals surface area contributed by atoms with Gasteiger partial charge in [0.05, 0.1) is 0 Å². The molecule has 0 heterocycles. The summed E-state index contributed by atoms with van der Waals surface area (Å²) in [6, 6.07) is 17.0. The molecule has 0 aliphatic heterocycles. The lowest BCUT2D eigenvalue weighted by molar-refractivity contribution is 1.46. The number of rotatable bonds is 1. The predicted octanol–water partition coefficient (Wildman–Crippen LogP) is 4.12. The van der Waals surface area contributed by atoms with Crippen LogP contribution in [0.4, 0.5) is 0 Å². The van der Waals surface area contributed by atoms with Crippen LogP contribution in [-0.2, 0) is 0 Å². The van der Waals surface area contributed by atoms with Gasteiger partial charge in [0.15, 0.2) is 0 Å². The summed E-state index contributed by atoms with van der Waals surface area (Å²) in [7, 11) is 0. The summed E-state index contributed by atoms with van der Waals surface area (Å²) in [5.74, 6) is 0. The Labute approximate surface area is 89.2 Å². The van der Waals surface area contributed by atoms with Crippen molar-refractivity contribution in [3.8, 4) is 11.1 Å². The summed E-state index contributed by atoms with van der Waals surface area (Å²) in [6.45, 7) is 2.08. The van der Waals surface area contributed by atoms with Gasteiger partial charge in [-0.25, -0.2) is 0 Å². The van der Waals surface area contributed by atoms with Crippen LogP contribution in [-0.4, -0.2) is 0 Å².